The van der Waals surface area contributed by atoms with Gasteiger partial charge in [0.05, 0.1) is 24.4 Å². The lowest BCUT2D eigenvalue weighted by atomic mass is 10.1. The van der Waals surface area contributed by atoms with E-state index in [0.717, 1.165) is 5.56 Å². The minimum atomic E-state index is 0.437. The third-order valence-corrected chi connectivity index (χ3v) is 4.96. The number of aliphatic imine (C=N–C) groups is 1. The Kier molecular flexibility index (Phi) is 8.30. The SMILES string of the molecule is CNC=CC(N)=NCCNc1cc(-c2ccccc2OC)nc(-c2ccc(Cl)cc2Cl)n1. The zero-order chi connectivity index (χ0) is 22.9. The second-order valence-electron chi connectivity index (χ2n) is 6.64. The predicted molar refractivity (Wildman–Crippen MR) is 133 cm³/mol. The van der Waals surface area contributed by atoms with Crippen molar-refractivity contribution in [3.8, 4) is 28.4 Å². The van der Waals surface area contributed by atoms with E-state index in [1.165, 1.54) is 0 Å². The Balaban J connectivity index is 1.95. The van der Waals surface area contributed by atoms with Crippen molar-refractivity contribution in [1.29, 1.82) is 0 Å². The minimum absolute atomic E-state index is 0.437. The number of hydrogen-bond donors (Lipinski definition) is 3. The molecule has 9 heteroatoms. The van der Waals surface area contributed by atoms with Crippen LogP contribution in [0.25, 0.3) is 22.6 Å². The van der Waals surface area contributed by atoms with Gasteiger partial charge in [0.1, 0.15) is 17.4 Å². The highest BCUT2D eigenvalue weighted by Crippen LogP contribution is 2.33. The van der Waals surface area contributed by atoms with Crippen LogP contribution in [0.2, 0.25) is 10.0 Å². The van der Waals surface area contributed by atoms with E-state index in [-0.39, 0.29) is 0 Å². The number of rotatable bonds is 9. The summed E-state index contributed by atoms with van der Waals surface area (Å²) in [6.07, 6.45) is 3.42. The molecular weight excluding hydrogens is 447 g/mol. The lowest BCUT2D eigenvalue weighted by molar-refractivity contribution is 0.416. The third-order valence-electron chi connectivity index (χ3n) is 4.41. The van der Waals surface area contributed by atoms with Gasteiger partial charge < -0.3 is 21.1 Å². The number of nitrogens with zero attached hydrogens (tertiary/aromatic N) is 3. The van der Waals surface area contributed by atoms with Crippen LogP contribution in [0.15, 0.2) is 65.8 Å². The van der Waals surface area contributed by atoms with Crippen LogP contribution in [0.3, 0.4) is 0 Å². The minimum Gasteiger partial charge on any atom is -0.496 e. The van der Waals surface area contributed by atoms with Crippen LogP contribution in [0.5, 0.6) is 5.75 Å². The van der Waals surface area contributed by atoms with E-state index in [1.54, 1.807) is 44.6 Å². The van der Waals surface area contributed by atoms with Crippen molar-refractivity contribution in [2.75, 3.05) is 32.6 Å². The predicted octanol–water partition coefficient (Wildman–Crippen LogP) is 4.63. The summed E-state index contributed by atoms with van der Waals surface area (Å²) >= 11 is 12.5. The molecule has 1 aromatic heterocycles. The Morgan fingerprint density at radius 3 is 2.69 bits per heavy atom. The summed E-state index contributed by atoms with van der Waals surface area (Å²) in [6, 6.07) is 14.7. The van der Waals surface area contributed by atoms with Crippen LogP contribution in [0.1, 0.15) is 0 Å². The van der Waals surface area contributed by atoms with Gasteiger partial charge >= 0.3 is 0 Å². The Morgan fingerprint density at radius 1 is 1.12 bits per heavy atom. The van der Waals surface area contributed by atoms with Gasteiger partial charge in [0.25, 0.3) is 0 Å². The van der Waals surface area contributed by atoms with Gasteiger partial charge in [-0.3, -0.25) is 4.99 Å². The smallest absolute Gasteiger partial charge is 0.163 e. The number of nitrogens with one attached hydrogen (secondary N) is 2. The maximum absolute atomic E-state index is 6.42. The molecule has 0 spiro atoms. The number of methoxy groups -OCH3 is 1. The van der Waals surface area contributed by atoms with Crippen LogP contribution in [-0.4, -0.2) is 43.1 Å². The molecule has 0 aliphatic heterocycles. The van der Waals surface area contributed by atoms with Crippen molar-refractivity contribution in [2.24, 2.45) is 10.7 Å². The van der Waals surface area contributed by atoms with Gasteiger partial charge in [0.15, 0.2) is 5.82 Å². The van der Waals surface area contributed by atoms with Crippen LogP contribution in [0.4, 0.5) is 5.82 Å². The Morgan fingerprint density at radius 2 is 1.94 bits per heavy atom. The summed E-state index contributed by atoms with van der Waals surface area (Å²) in [6.45, 7) is 1.01. The first kappa shape index (κ1) is 23.4. The maximum atomic E-state index is 6.42. The van der Waals surface area contributed by atoms with Gasteiger partial charge in [-0.15, -0.1) is 0 Å². The quantitative estimate of drug-likeness (QED) is 0.239. The Bertz CT molecular complexity index is 1130. The number of hydrogen-bond acceptors (Lipinski definition) is 6. The van der Waals surface area contributed by atoms with Gasteiger partial charge in [-0.25, -0.2) is 9.97 Å². The van der Waals surface area contributed by atoms with Gasteiger partial charge in [0, 0.05) is 35.8 Å². The third kappa shape index (κ3) is 6.12. The van der Waals surface area contributed by atoms with Gasteiger partial charge in [-0.2, -0.15) is 0 Å². The number of halogens is 2. The monoisotopic (exact) mass is 470 g/mol. The fourth-order valence-electron chi connectivity index (χ4n) is 2.91. The zero-order valence-electron chi connectivity index (χ0n) is 17.8. The topological polar surface area (TPSA) is 97.5 Å². The molecule has 3 aromatic rings. The molecule has 0 saturated carbocycles. The first-order valence-corrected chi connectivity index (χ1v) is 10.6. The summed E-state index contributed by atoms with van der Waals surface area (Å²) in [5, 5.41) is 7.16. The summed E-state index contributed by atoms with van der Waals surface area (Å²) in [5.74, 6) is 2.24. The van der Waals surface area contributed by atoms with E-state index in [2.05, 4.69) is 20.6 Å². The molecule has 0 saturated heterocycles. The average Bonchev–Trinajstić information content (AvgIpc) is 2.80. The van der Waals surface area contributed by atoms with Crippen molar-refractivity contribution < 1.29 is 4.74 Å². The van der Waals surface area contributed by atoms with Crippen LogP contribution >= 0.6 is 23.2 Å². The Hall–Kier alpha value is -3.29. The summed E-state index contributed by atoms with van der Waals surface area (Å²) in [7, 11) is 3.42. The van der Waals surface area contributed by atoms with Crippen LogP contribution in [-0.2, 0) is 0 Å². The molecule has 4 N–H and O–H groups in total. The van der Waals surface area contributed by atoms with E-state index in [9.17, 15) is 0 Å². The standard InChI is InChI=1S/C23H24Cl2N6O/c1-27-10-9-21(26)28-11-12-29-22-14-19(17-5-3-4-6-20(17)32-2)30-23(31-22)16-8-7-15(24)13-18(16)25/h3-10,13-14,27H,11-12H2,1-2H3,(H2,26,28)(H,29,30,31). The molecule has 0 bridgehead atoms. The maximum Gasteiger partial charge on any atom is 0.163 e. The molecule has 166 valence electrons. The second-order valence-corrected chi connectivity index (χ2v) is 7.49. The summed E-state index contributed by atoms with van der Waals surface area (Å²) < 4.78 is 5.51. The number of anilines is 1. The molecule has 0 aliphatic rings. The number of benzene rings is 2. The van der Waals surface area contributed by atoms with Gasteiger partial charge in [-0.05, 0) is 42.6 Å². The molecule has 0 atom stereocenters. The van der Waals surface area contributed by atoms with Crippen LogP contribution in [0, 0.1) is 0 Å². The van der Waals surface area contributed by atoms with E-state index in [1.807, 2.05) is 30.3 Å². The largest absolute Gasteiger partial charge is 0.496 e. The molecule has 0 amide bonds. The zero-order valence-corrected chi connectivity index (χ0v) is 19.3. The van der Waals surface area contributed by atoms with E-state index < -0.39 is 0 Å². The molecule has 0 aliphatic carbocycles. The van der Waals surface area contributed by atoms with E-state index in [4.69, 9.17) is 38.7 Å². The average molecular weight is 471 g/mol. The Labute approximate surface area is 197 Å². The first-order chi connectivity index (χ1) is 15.5. The van der Waals surface area contributed by atoms with E-state index in [0.29, 0.717) is 57.6 Å². The first-order valence-electron chi connectivity index (χ1n) is 9.87. The lowest BCUT2D eigenvalue weighted by Crippen LogP contribution is -2.14. The molecule has 0 unspecified atom stereocenters. The van der Waals surface area contributed by atoms with Crippen molar-refractivity contribution in [1.82, 2.24) is 15.3 Å². The highest BCUT2D eigenvalue weighted by atomic mass is 35.5. The van der Waals surface area contributed by atoms with Crippen molar-refractivity contribution in [3.63, 3.8) is 0 Å². The lowest BCUT2D eigenvalue weighted by Gasteiger charge is -2.13. The number of ether oxygens (including phenoxy) is 1. The molecule has 3 rings (SSSR count). The van der Waals surface area contributed by atoms with Crippen molar-refractivity contribution in [2.45, 2.75) is 0 Å². The molecule has 2 aromatic carbocycles. The molecule has 7 nitrogen and oxygen atoms in total. The highest BCUT2D eigenvalue weighted by molar-refractivity contribution is 6.36. The van der Waals surface area contributed by atoms with Crippen LogP contribution < -0.4 is 21.1 Å². The normalized spacial score (nSPS) is 11.6. The molecule has 0 fully saturated rings. The fraction of sp³-hybridized carbons (Fsp3) is 0.174. The number of nitrogens with two attached hydrogens (primary N) is 1. The van der Waals surface area contributed by atoms with Gasteiger partial charge in [0.2, 0.25) is 0 Å². The molecule has 0 radical (unpaired) electrons. The summed E-state index contributed by atoms with van der Waals surface area (Å²) in [4.78, 5) is 13.7. The fourth-order valence-corrected chi connectivity index (χ4v) is 3.41. The highest BCUT2D eigenvalue weighted by Gasteiger charge is 2.14. The molecule has 1 heterocycles. The molecular formula is C23H24Cl2N6O. The number of amidine groups is 1. The van der Waals surface area contributed by atoms with Crippen molar-refractivity contribution in [3.05, 3.63) is 70.9 Å². The number of para-hydroxylation sites is 1. The number of aromatic nitrogens is 2. The van der Waals surface area contributed by atoms with E-state index >= 15 is 0 Å². The molecule has 32 heavy (non-hydrogen) atoms. The van der Waals surface area contributed by atoms with Gasteiger partial charge in [-0.1, -0.05) is 35.3 Å². The second kappa shape index (κ2) is 11.4. The summed E-state index contributed by atoms with van der Waals surface area (Å²) in [5.41, 5.74) is 8.04. The van der Waals surface area contributed by atoms with Crippen molar-refractivity contribution >= 4 is 34.9 Å².